The average molecular weight is 284 g/mol. The molecule has 1 amide bonds. The van der Waals surface area contributed by atoms with Crippen LogP contribution in [0, 0.1) is 5.92 Å². The number of hydrogen-bond acceptors (Lipinski definition) is 2. The van der Waals surface area contributed by atoms with E-state index in [1.165, 1.54) is 0 Å². The van der Waals surface area contributed by atoms with Gasteiger partial charge in [-0.25, -0.2) is 0 Å². The standard InChI is InChI=1S/C14H22ClN3O/c1-3-6-18-8-11(15)7-12(18)13(19)17-14(2,9-16)10-4-5-10/h7-8,10H,3-6,9,16H2,1-2H3,(H,17,19). The molecule has 106 valence electrons. The highest BCUT2D eigenvalue weighted by atomic mass is 35.5. The summed E-state index contributed by atoms with van der Waals surface area (Å²) < 4.78 is 1.90. The second-order valence-corrected chi connectivity index (χ2v) is 6.02. The minimum absolute atomic E-state index is 0.0831. The fourth-order valence-electron chi connectivity index (χ4n) is 2.45. The van der Waals surface area contributed by atoms with Crippen molar-refractivity contribution in [3.8, 4) is 0 Å². The molecule has 0 aliphatic heterocycles. The Morgan fingerprint density at radius 3 is 2.84 bits per heavy atom. The second-order valence-electron chi connectivity index (χ2n) is 5.59. The summed E-state index contributed by atoms with van der Waals surface area (Å²) in [6, 6.07) is 1.72. The molecule has 1 heterocycles. The van der Waals surface area contributed by atoms with E-state index in [0.29, 0.717) is 23.2 Å². The normalized spacial score (nSPS) is 18.1. The highest BCUT2D eigenvalue weighted by Crippen LogP contribution is 2.39. The van der Waals surface area contributed by atoms with Crippen LogP contribution in [0.2, 0.25) is 5.02 Å². The molecular weight excluding hydrogens is 262 g/mol. The third-order valence-corrected chi connectivity index (χ3v) is 4.07. The number of nitrogens with zero attached hydrogens (tertiary/aromatic N) is 1. The van der Waals surface area contributed by atoms with Gasteiger partial charge < -0.3 is 15.6 Å². The maximum absolute atomic E-state index is 12.4. The number of halogens is 1. The first kappa shape index (κ1) is 14.4. The zero-order valence-corrected chi connectivity index (χ0v) is 12.3. The molecule has 1 aromatic heterocycles. The predicted molar refractivity (Wildman–Crippen MR) is 77.4 cm³/mol. The van der Waals surface area contributed by atoms with Crippen LogP contribution in [-0.4, -0.2) is 22.6 Å². The molecule has 1 aliphatic carbocycles. The summed E-state index contributed by atoms with van der Waals surface area (Å²) >= 11 is 6.00. The summed E-state index contributed by atoms with van der Waals surface area (Å²) in [6.45, 7) is 5.35. The van der Waals surface area contributed by atoms with E-state index in [-0.39, 0.29) is 11.4 Å². The van der Waals surface area contributed by atoms with Gasteiger partial charge in [0, 0.05) is 19.3 Å². The summed E-state index contributed by atoms with van der Waals surface area (Å²) in [5, 5.41) is 3.69. The molecule has 0 spiro atoms. The molecular formula is C14H22ClN3O. The Morgan fingerprint density at radius 2 is 2.32 bits per heavy atom. The van der Waals surface area contributed by atoms with Gasteiger partial charge in [-0.1, -0.05) is 18.5 Å². The molecule has 1 atom stereocenters. The number of rotatable bonds is 6. The van der Waals surface area contributed by atoms with E-state index >= 15 is 0 Å². The fourth-order valence-corrected chi connectivity index (χ4v) is 2.68. The largest absolute Gasteiger partial charge is 0.344 e. The van der Waals surface area contributed by atoms with E-state index < -0.39 is 0 Å². The lowest BCUT2D eigenvalue weighted by Crippen LogP contribution is -2.53. The predicted octanol–water partition coefficient (Wildman–Crippen LogP) is 2.41. The van der Waals surface area contributed by atoms with Crippen LogP contribution < -0.4 is 11.1 Å². The molecule has 5 heteroatoms. The number of aryl methyl sites for hydroxylation is 1. The van der Waals surface area contributed by atoms with Gasteiger partial charge >= 0.3 is 0 Å². The van der Waals surface area contributed by atoms with Crippen LogP contribution in [0.5, 0.6) is 0 Å². The first-order valence-electron chi connectivity index (χ1n) is 6.88. The number of hydrogen-bond donors (Lipinski definition) is 2. The molecule has 1 saturated carbocycles. The molecule has 0 aromatic carbocycles. The van der Waals surface area contributed by atoms with Crippen LogP contribution >= 0.6 is 11.6 Å². The number of carbonyl (C=O) groups is 1. The molecule has 0 bridgehead atoms. The van der Waals surface area contributed by atoms with Crippen molar-refractivity contribution in [3.63, 3.8) is 0 Å². The van der Waals surface area contributed by atoms with E-state index in [1.54, 1.807) is 12.3 Å². The number of carbonyl (C=O) groups excluding carboxylic acids is 1. The Hall–Kier alpha value is -1.00. The van der Waals surface area contributed by atoms with Gasteiger partial charge in [0.15, 0.2) is 0 Å². The Bertz CT molecular complexity index is 467. The van der Waals surface area contributed by atoms with Gasteiger partial charge in [-0.05, 0) is 38.2 Å². The molecule has 1 unspecified atom stereocenters. The smallest absolute Gasteiger partial charge is 0.268 e. The molecule has 4 nitrogen and oxygen atoms in total. The molecule has 2 rings (SSSR count). The number of nitrogens with one attached hydrogen (secondary N) is 1. The third-order valence-electron chi connectivity index (χ3n) is 3.86. The van der Waals surface area contributed by atoms with Crippen LogP contribution in [0.15, 0.2) is 12.3 Å². The third kappa shape index (κ3) is 3.12. The lowest BCUT2D eigenvalue weighted by atomic mass is 9.96. The monoisotopic (exact) mass is 283 g/mol. The fraction of sp³-hybridized carbons (Fsp3) is 0.643. The van der Waals surface area contributed by atoms with Crippen LogP contribution in [0.1, 0.15) is 43.6 Å². The maximum atomic E-state index is 12.4. The summed E-state index contributed by atoms with van der Waals surface area (Å²) in [6.07, 6.45) is 5.05. The molecule has 19 heavy (non-hydrogen) atoms. The Balaban J connectivity index is 2.15. The van der Waals surface area contributed by atoms with Crippen molar-refractivity contribution in [2.45, 2.75) is 45.2 Å². The van der Waals surface area contributed by atoms with Crippen molar-refractivity contribution in [1.29, 1.82) is 0 Å². The van der Waals surface area contributed by atoms with Gasteiger partial charge in [0.05, 0.1) is 10.6 Å². The minimum Gasteiger partial charge on any atom is -0.344 e. The highest BCUT2D eigenvalue weighted by Gasteiger charge is 2.41. The van der Waals surface area contributed by atoms with Crippen molar-refractivity contribution < 1.29 is 4.79 Å². The summed E-state index contributed by atoms with van der Waals surface area (Å²) in [4.78, 5) is 12.4. The van der Waals surface area contributed by atoms with Crippen molar-refractivity contribution in [1.82, 2.24) is 9.88 Å². The average Bonchev–Trinajstić information content (AvgIpc) is 3.15. The number of aromatic nitrogens is 1. The Kier molecular flexibility index (Phi) is 4.21. The summed E-state index contributed by atoms with van der Waals surface area (Å²) in [5.41, 5.74) is 6.15. The SMILES string of the molecule is CCCn1cc(Cl)cc1C(=O)NC(C)(CN)C1CC1. The molecule has 1 aromatic rings. The molecule has 1 aliphatic rings. The van der Waals surface area contributed by atoms with E-state index in [9.17, 15) is 4.79 Å². The van der Waals surface area contributed by atoms with Crippen molar-refractivity contribution in [3.05, 3.63) is 23.0 Å². The molecule has 1 fully saturated rings. The van der Waals surface area contributed by atoms with E-state index in [1.807, 2.05) is 11.5 Å². The Morgan fingerprint density at radius 1 is 1.63 bits per heavy atom. The van der Waals surface area contributed by atoms with E-state index in [2.05, 4.69) is 12.2 Å². The topological polar surface area (TPSA) is 60.0 Å². The minimum atomic E-state index is -0.301. The summed E-state index contributed by atoms with van der Waals surface area (Å²) in [7, 11) is 0. The van der Waals surface area contributed by atoms with Crippen molar-refractivity contribution in [2.24, 2.45) is 11.7 Å². The van der Waals surface area contributed by atoms with Crippen molar-refractivity contribution in [2.75, 3.05) is 6.54 Å². The van der Waals surface area contributed by atoms with Gasteiger partial charge in [-0.3, -0.25) is 4.79 Å². The van der Waals surface area contributed by atoms with Gasteiger partial charge in [-0.2, -0.15) is 0 Å². The molecule has 0 saturated heterocycles. The van der Waals surface area contributed by atoms with Gasteiger partial charge in [0.25, 0.3) is 5.91 Å². The van der Waals surface area contributed by atoms with Crippen LogP contribution in [0.3, 0.4) is 0 Å². The van der Waals surface area contributed by atoms with Crippen LogP contribution in [0.25, 0.3) is 0 Å². The van der Waals surface area contributed by atoms with E-state index in [4.69, 9.17) is 17.3 Å². The molecule has 3 N–H and O–H groups in total. The van der Waals surface area contributed by atoms with Gasteiger partial charge in [0.2, 0.25) is 0 Å². The number of amides is 1. The van der Waals surface area contributed by atoms with E-state index in [0.717, 1.165) is 25.8 Å². The van der Waals surface area contributed by atoms with Gasteiger partial charge in [0.1, 0.15) is 5.69 Å². The zero-order valence-electron chi connectivity index (χ0n) is 11.6. The Labute approximate surface area is 119 Å². The second kappa shape index (κ2) is 5.55. The first-order chi connectivity index (χ1) is 9.00. The quantitative estimate of drug-likeness (QED) is 0.842. The first-order valence-corrected chi connectivity index (χ1v) is 7.26. The maximum Gasteiger partial charge on any atom is 0.268 e. The number of nitrogens with two attached hydrogens (primary N) is 1. The van der Waals surface area contributed by atoms with Crippen LogP contribution in [-0.2, 0) is 6.54 Å². The highest BCUT2D eigenvalue weighted by molar-refractivity contribution is 6.31. The lowest BCUT2D eigenvalue weighted by Gasteiger charge is -2.29. The van der Waals surface area contributed by atoms with Crippen LogP contribution in [0.4, 0.5) is 0 Å². The molecule has 0 radical (unpaired) electrons. The zero-order chi connectivity index (χ0) is 14.0. The van der Waals surface area contributed by atoms with Gasteiger partial charge in [-0.15, -0.1) is 0 Å². The van der Waals surface area contributed by atoms with Crippen molar-refractivity contribution >= 4 is 17.5 Å². The summed E-state index contributed by atoms with van der Waals surface area (Å²) in [5.74, 6) is 0.423. The lowest BCUT2D eigenvalue weighted by molar-refractivity contribution is 0.0888.